The van der Waals surface area contributed by atoms with Gasteiger partial charge in [-0.25, -0.2) is 5.43 Å². The Kier molecular flexibility index (Phi) is 6.63. The van der Waals surface area contributed by atoms with Gasteiger partial charge in [0.05, 0.1) is 10.7 Å². The molecule has 4 nitrogen and oxygen atoms in total. The van der Waals surface area contributed by atoms with E-state index in [0.29, 0.717) is 10.6 Å². The van der Waals surface area contributed by atoms with Crippen LogP contribution < -0.4 is 5.43 Å². The van der Waals surface area contributed by atoms with Crippen molar-refractivity contribution in [2.24, 2.45) is 5.10 Å². The Labute approximate surface area is 198 Å². The predicted octanol–water partition coefficient (Wildman–Crippen LogP) is 7.53. The van der Waals surface area contributed by atoms with E-state index in [9.17, 15) is 4.79 Å². The molecular weight excluding hydrogens is 552 g/mol. The van der Waals surface area contributed by atoms with Gasteiger partial charge in [0.25, 0.3) is 0 Å². The Morgan fingerprint density at radius 3 is 2.63 bits per heavy atom. The molecule has 0 spiro atoms. The fraction of sp³-hybridized carbons (Fsp3) is 0. The third-order valence-corrected chi connectivity index (χ3v) is 6.49. The first-order valence-electron chi connectivity index (χ1n) is 8.74. The third kappa shape index (κ3) is 4.98. The number of hydrogen-bond acceptors (Lipinski definition) is 4. The van der Waals surface area contributed by atoms with Gasteiger partial charge in [-0.15, -0.1) is 0 Å². The molecule has 8 heteroatoms. The summed E-state index contributed by atoms with van der Waals surface area (Å²) < 4.78 is 7.32. The van der Waals surface area contributed by atoms with Crippen molar-refractivity contribution in [1.82, 2.24) is 5.43 Å². The molecule has 0 fully saturated rings. The molecule has 0 bridgehead atoms. The highest BCUT2D eigenvalue weighted by Crippen LogP contribution is 2.32. The van der Waals surface area contributed by atoms with Gasteiger partial charge in [0, 0.05) is 30.2 Å². The lowest BCUT2D eigenvalue weighted by Crippen LogP contribution is -2.16. The minimum atomic E-state index is -0.423. The van der Waals surface area contributed by atoms with Crippen LogP contribution in [0.4, 0.5) is 0 Å². The molecule has 0 aliphatic heterocycles. The quantitative estimate of drug-likeness (QED) is 0.201. The normalized spacial score (nSPS) is 11.3. The van der Waals surface area contributed by atoms with E-state index < -0.39 is 5.91 Å². The van der Waals surface area contributed by atoms with Gasteiger partial charge >= 0.3 is 5.91 Å². The third-order valence-electron chi connectivity index (χ3n) is 4.09. The second-order valence-corrected chi connectivity index (χ2v) is 9.53. The lowest BCUT2D eigenvalue weighted by Gasteiger charge is -2.05. The van der Waals surface area contributed by atoms with Gasteiger partial charge in [0.2, 0.25) is 0 Å². The van der Waals surface area contributed by atoms with Crippen LogP contribution in [-0.2, 0) is 0 Å². The molecule has 0 saturated carbocycles. The average Bonchev–Trinajstić information content (AvgIpc) is 3.15. The number of amides is 1. The maximum absolute atomic E-state index is 12.4. The highest BCUT2D eigenvalue weighted by atomic mass is 79.9. The number of benzene rings is 3. The van der Waals surface area contributed by atoms with Crippen molar-refractivity contribution in [3.63, 3.8) is 0 Å². The molecule has 30 heavy (non-hydrogen) atoms. The second-order valence-electron chi connectivity index (χ2n) is 6.21. The highest BCUT2D eigenvalue weighted by Gasteiger charge is 2.14. The molecule has 0 atom stereocenters. The number of furan rings is 1. The van der Waals surface area contributed by atoms with Crippen LogP contribution in [0.15, 0.2) is 95.0 Å². The van der Waals surface area contributed by atoms with E-state index in [4.69, 9.17) is 16.0 Å². The van der Waals surface area contributed by atoms with Crippen molar-refractivity contribution in [1.29, 1.82) is 0 Å². The summed E-state index contributed by atoms with van der Waals surface area (Å²) in [6, 6.07) is 20.9. The first-order valence-corrected chi connectivity index (χ1v) is 11.5. The number of nitrogens with one attached hydrogen (secondary N) is 1. The number of fused-ring (bicyclic) bond motifs is 1. The molecule has 150 valence electrons. The van der Waals surface area contributed by atoms with Gasteiger partial charge < -0.3 is 4.42 Å². The summed E-state index contributed by atoms with van der Waals surface area (Å²) in [6.45, 7) is 0. The molecule has 4 aromatic rings. The standard InChI is InChI=1S/C22H13Br2ClN2O2S/c23-15-9-14-10-19(29-21(14)18(24)11-15)22(28)27-26-12-13-3-1-2-4-20(13)30-17-7-5-16(25)6-8-17/h1-12H,(H,27,28)/b26-12+. The molecular formula is C22H13Br2ClN2O2S. The van der Waals surface area contributed by atoms with Crippen molar-refractivity contribution in [3.8, 4) is 0 Å². The number of nitrogens with zero attached hydrogens (tertiary/aromatic N) is 1. The summed E-state index contributed by atoms with van der Waals surface area (Å²) in [7, 11) is 0. The van der Waals surface area contributed by atoms with Gasteiger partial charge in [0.15, 0.2) is 5.76 Å². The summed E-state index contributed by atoms with van der Waals surface area (Å²) in [6.07, 6.45) is 1.62. The fourth-order valence-corrected chi connectivity index (χ4v) is 5.09. The van der Waals surface area contributed by atoms with Crippen LogP contribution in [0, 0.1) is 0 Å². The van der Waals surface area contributed by atoms with Crippen molar-refractivity contribution in [2.45, 2.75) is 9.79 Å². The van der Waals surface area contributed by atoms with Gasteiger partial charge in [-0.1, -0.05) is 57.5 Å². The van der Waals surface area contributed by atoms with E-state index in [0.717, 1.165) is 29.7 Å². The van der Waals surface area contributed by atoms with E-state index >= 15 is 0 Å². The summed E-state index contributed by atoms with van der Waals surface area (Å²) in [5, 5.41) is 5.62. The fourth-order valence-electron chi connectivity index (χ4n) is 2.71. The molecule has 0 radical (unpaired) electrons. The predicted molar refractivity (Wildman–Crippen MR) is 129 cm³/mol. The molecule has 0 aliphatic carbocycles. The SMILES string of the molecule is O=C(N/N=C/c1ccccc1Sc1ccc(Cl)cc1)c1cc2cc(Br)cc(Br)c2o1. The van der Waals surface area contributed by atoms with Crippen LogP contribution in [-0.4, -0.2) is 12.1 Å². The number of hydrazone groups is 1. The Hall–Kier alpha value is -2.06. The van der Waals surface area contributed by atoms with Gasteiger partial charge in [0.1, 0.15) is 5.58 Å². The summed E-state index contributed by atoms with van der Waals surface area (Å²) in [4.78, 5) is 14.5. The van der Waals surface area contributed by atoms with E-state index in [2.05, 4.69) is 42.4 Å². The first-order chi connectivity index (χ1) is 14.5. The zero-order chi connectivity index (χ0) is 21.1. The number of halogens is 3. The molecule has 0 aliphatic rings. The average molecular weight is 565 g/mol. The van der Waals surface area contributed by atoms with Crippen LogP contribution in [0.25, 0.3) is 11.0 Å². The Bertz CT molecular complexity index is 1260. The maximum Gasteiger partial charge on any atom is 0.307 e. The van der Waals surface area contributed by atoms with E-state index in [1.165, 1.54) is 0 Å². The molecule has 0 unspecified atom stereocenters. The van der Waals surface area contributed by atoms with Crippen molar-refractivity contribution >= 4 is 78.3 Å². The number of carbonyl (C=O) groups is 1. The van der Waals surface area contributed by atoms with Crippen LogP contribution in [0.2, 0.25) is 5.02 Å². The lowest BCUT2D eigenvalue weighted by atomic mass is 10.2. The van der Waals surface area contributed by atoms with Crippen LogP contribution in [0.1, 0.15) is 16.1 Å². The molecule has 1 heterocycles. The van der Waals surface area contributed by atoms with Gasteiger partial charge in [-0.3, -0.25) is 4.79 Å². The van der Waals surface area contributed by atoms with Crippen molar-refractivity contribution in [3.05, 3.63) is 92.0 Å². The maximum atomic E-state index is 12.4. The lowest BCUT2D eigenvalue weighted by molar-refractivity contribution is 0.0929. The van der Waals surface area contributed by atoms with E-state index in [1.807, 2.05) is 60.7 Å². The zero-order valence-electron chi connectivity index (χ0n) is 15.2. The van der Waals surface area contributed by atoms with Gasteiger partial charge in [-0.05, 0) is 64.5 Å². The summed E-state index contributed by atoms with van der Waals surface area (Å²) in [5.74, 6) is -0.238. The van der Waals surface area contributed by atoms with Crippen LogP contribution in [0.3, 0.4) is 0 Å². The number of carbonyl (C=O) groups excluding carboxylic acids is 1. The van der Waals surface area contributed by atoms with Crippen molar-refractivity contribution < 1.29 is 9.21 Å². The largest absolute Gasteiger partial charge is 0.450 e. The Morgan fingerprint density at radius 2 is 1.83 bits per heavy atom. The molecule has 1 amide bonds. The highest BCUT2D eigenvalue weighted by molar-refractivity contribution is 9.11. The molecule has 1 aromatic heterocycles. The number of rotatable bonds is 5. The first kappa shape index (κ1) is 21.2. The molecule has 0 saturated heterocycles. The van der Waals surface area contributed by atoms with Crippen LogP contribution >= 0.6 is 55.2 Å². The molecule has 1 N–H and O–H groups in total. The molecule has 3 aromatic carbocycles. The Morgan fingerprint density at radius 1 is 1.07 bits per heavy atom. The summed E-state index contributed by atoms with van der Waals surface area (Å²) in [5.41, 5.74) is 4.02. The zero-order valence-corrected chi connectivity index (χ0v) is 20.0. The van der Waals surface area contributed by atoms with E-state index in [1.54, 1.807) is 24.0 Å². The minimum absolute atomic E-state index is 0.185. The summed E-state index contributed by atoms with van der Waals surface area (Å²) >= 11 is 14.4. The smallest absolute Gasteiger partial charge is 0.307 e. The van der Waals surface area contributed by atoms with E-state index in [-0.39, 0.29) is 5.76 Å². The molecule has 4 rings (SSSR count). The second kappa shape index (κ2) is 9.39. The number of hydrogen-bond donors (Lipinski definition) is 1. The van der Waals surface area contributed by atoms with Crippen LogP contribution in [0.5, 0.6) is 0 Å². The Balaban J connectivity index is 1.49. The topological polar surface area (TPSA) is 54.6 Å². The van der Waals surface area contributed by atoms with Gasteiger partial charge in [-0.2, -0.15) is 5.10 Å². The van der Waals surface area contributed by atoms with Crippen molar-refractivity contribution in [2.75, 3.05) is 0 Å². The monoisotopic (exact) mass is 562 g/mol. The minimum Gasteiger partial charge on any atom is -0.450 e.